The van der Waals surface area contributed by atoms with Crippen LogP contribution in [0.5, 0.6) is 0 Å². The molecule has 2 fully saturated rings. The van der Waals surface area contributed by atoms with Crippen LogP contribution in [0.2, 0.25) is 0 Å². The summed E-state index contributed by atoms with van der Waals surface area (Å²) in [7, 11) is 0. The second-order valence-corrected chi connectivity index (χ2v) is 7.00. The second kappa shape index (κ2) is 9.07. The van der Waals surface area contributed by atoms with E-state index in [1.54, 1.807) is 18.4 Å². The third-order valence-electron chi connectivity index (χ3n) is 5.25. The topological polar surface area (TPSA) is 64.3 Å². The number of furan rings is 1. The molecule has 26 heavy (non-hydrogen) atoms. The molecule has 3 heterocycles. The van der Waals surface area contributed by atoms with Gasteiger partial charge < -0.3 is 24.4 Å². The van der Waals surface area contributed by atoms with Crippen LogP contribution in [0.1, 0.15) is 30.8 Å². The second-order valence-electron chi connectivity index (χ2n) is 7.00. The van der Waals surface area contributed by atoms with E-state index in [1.165, 1.54) is 13.0 Å². The quantitative estimate of drug-likeness (QED) is 0.633. The van der Waals surface area contributed by atoms with Crippen LogP contribution in [0.3, 0.4) is 0 Å². The molecule has 0 bridgehead atoms. The number of amides is 1. The maximum Gasteiger partial charge on any atom is 0.289 e. The molecule has 0 spiro atoms. The third-order valence-corrected chi connectivity index (χ3v) is 5.25. The lowest BCUT2D eigenvalue weighted by atomic mass is 10.1. The van der Waals surface area contributed by atoms with Crippen LogP contribution < -0.4 is 5.32 Å². The molecule has 0 aliphatic carbocycles. The maximum atomic E-state index is 12.4. The molecular weight excluding hydrogens is 330 g/mol. The van der Waals surface area contributed by atoms with E-state index in [0.29, 0.717) is 24.8 Å². The molecule has 2 aliphatic rings. The van der Waals surface area contributed by atoms with Gasteiger partial charge in [0.2, 0.25) is 0 Å². The number of likely N-dealkylation sites (tertiary alicyclic amines) is 1. The first-order valence-electron chi connectivity index (χ1n) is 9.79. The Labute approximate surface area is 156 Å². The van der Waals surface area contributed by atoms with Crippen molar-refractivity contribution >= 4 is 11.9 Å². The first-order chi connectivity index (χ1) is 12.7. The predicted octanol–water partition coefficient (Wildman–Crippen LogP) is 1.34. The van der Waals surface area contributed by atoms with Gasteiger partial charge in [0, 0.05) is 45.8 Å². The molecule has 3 rings (SSSR count). The van der Waals surface area contributed by atoms with Gasteiger partial charge in [-0.05, 0) is 44.5 Å². The molecule has 1 aromatic rings. The zero-order valence-electron chi connectivity index (χ0n) is 16.0. The molecule has 0 saturated carbocycles. The van der Waals surface area contributed by atoms with E-state index in [9.17, 15) is 4.79 Å². The summed E-state index contributed by atoms with van der Waals surface area (Å²) in [4.78, 5) is 23.9. The number of aliphatic imine (C=N–C) groups is 1. The summed E-state index contributed by atoms with van der Waals surface area (Å²) in [6.45, 7) is 12.5. The van der Waals surface area contributed by atoms with Crippen molar-refractivity contribution in [1.29, 1.82) is 0 Å². The largest absolute Gasteiger partial charge is 0.459 e. The van der Waals surface area contributed by atoms with Crippen LogP contribution in [0, 0.1) is 5.92 Å². The summed E-state index contributed by atoms with van der Waals surface area (Å²) in [6, 6.07) is 3.48. The Balaban J connectivity index is 1.53. The van der Waals surface area contributed by atoms with E-state index >= 15 is 0 Å². The van der Waals surface area contributed by atoms with Crippen LogP contribution >= 0.6 is 0 Å². The highest BCUT2D eigenvalue weighted by Gasteiger charge is 2.26. The molecule has 0 radical (unpaired) electrons. The SMILES string of the molecule is CCNC(=NCC1CCN(CC)C1)N1CCN(C(=O)c2ccco2)CC1. The minimum Gasteiger partial charge on any atom is -0.459 e. The van der Waals surface area contributed by atoms with Gasteiger partial charge in [0.1, 0.15) is 0 Å². The summed E-state index contributed by atoms with van der Waals surface area (Å²) in [6.07, 6.45) is 2.78. The lowest BCUT2D eigenvalue weighted by molar-refractivity contribution is 0.0657. The molecule has 1 atom stereocenters. The fraction of sp³-hybridized carbons (Fsp3) is 0.684. The molecule has 2 saturated heterocycles. The highest BCUT2D eigenvalue weighted by molar-refractivity contribution is 5.91. The van der Waals surface area contributed by atoms with Crippen LogP contribution in [0.15, 0.2) is 27.8 Å². The van der Waals surface area contributed by atoms with Crippen LogP contribution in [0.4, 0.5) is 0 Å². The Morgan fingerprint density at radius 3 is 2.62 bits per heavy atom. The first kappa shape index (κ1) is 18.8. The monoisotopic (exact) mass is 361 g/mol. The summed E-state index contributed by atoms with van der Waals surface area (Å²) in [5.41, 5.74) is 0. The van der Waals surface area contributed by atoms with Gasteiger partial charge in [-0.3, -0.25) is 9.79 Å². The van der Waals surface area contributed by atoms with Crippen molar-refractivity contribution < 1.29 is 9.21 Å². The Morgan fingerprint density at radius 1 is 1.23 bits per heavy atom. The molecule has 1 aromatic heterocycles. The summed E-state index contributed by atoms with van der Waals surface area (Å²) in [5, 5.41) is 3.41. The lowest BCUT2D eigenvalue weighted by Gasteiger charge is -2.36. The Morgan fingerprint density at radius 2 is 2.00 bits per heavy atom. The van der Waals surface area contributed by atoms with Crippen LogP contribution in [-0.4, -0.2) is 85.5 Å². The van der Waals surface area contributed by atoms with E-state index in [4.69, 9.17) is 9.41 Å². The lowest BCUT2D eigenvalue weighted by Crippen LogP contribution is -2.53. The fourth-order valence-electron chi connectivity index (χ4n) is 3.67. The maximum absolute atomic E-state index is 12.4. The number of carbonyl (C=O) groups excluding carboxylic acids is 1. The number of nitrogens with zero attached hydrogens (tertiary/aromatic N) is 4. The van der Waals surface area contributed by atoms with Gasteiger partial charge in [-0.2, -0.15) is 0 Å². The van der Waals surface area contributed by atoms with Crippen molar-refractivity contribution in [1.82, 2.24) is 20.0 Å². The number of rotatable bonds is 5. The molecule has 0 aromatic carbocycles. The van der Waals surface area contributed by atoms with E-state index < -0.39 is 0 Å². The average molecular weight is 361 g/mol. The molecule has 2 aliphatic heterocycles. The van der Waals surface area contributed by atoms with Gasteiger partial charge in [0.25, 0.3) is 5.91 Å². The van der Waals surface area contributed by atoms with Crippen molar-refractivity contribution in [2.45, 2.75) is 20.3 Å². The van der Waals surface area contributed by atoms with E-state index in [0.717, 1.165) is 45.2 Å². The molecule has 7 heteroatoms. The van der Waals surface area contributed by atoms with Crippen molar-refractivity contribution in [2.75, 3.05) is 58.9 Å². The Bertz CT molecular complexity index is 593. The molecule has 144 valence electrons. The van der Waals surface area contributed by atoms with Gasteiger partial charge in [0.15, 0.2) is 11.7 Å². The molecular formula is C19H31N5O2. The van der Waals surface area contributed by atoms with E-state index in [1.807, 2.05) is 4.90 Å². The number of piperazine rings is 1. The Hall–Kier alpha value is -2.02. The number of hydrogen-bond acceptors (Lipinski definition) is 4. The highest BCUT2D eigenvalue weighted by Crippen LogP contribution is 2.16. The zero-order chi connectivity index (χ0) is 18.4. The molecule has 7 nitrogen and oxygen atoms in total. The molecule has 1 unspecified atom stereocenters. The van der Waals surface area contributed by atoms with Gasteiger partial charge in [0.05, 0.1) is 6.26 Å². The average Bonchev–Trinajstić information content (AvgIpc) is 3.36. The summed E-state index contributed by atoms with van der Waals surface area (Å²) in [5.74, 6) is 2.03. The minimum atomic E-state index is -0.0257. The number of carbonyl (C=O) groups is 1. The van der Waals surface area contributed by atoms with Crippen LogP contribution in [-0.2, 0) is 0 Å². The summed E-state index contributed by atoms with van der Waals surface area (Å²) >= 11 is 0. The van der Waals surface area contributed by atoms with Crippen molar-refractivity contribution in [3.63, 3.8) is 0 Å². The zero-order valence-corrected chi connectivity index (χ0v) is 16.0. The first-order valence-corrected chi connectivity index (χ1v) is 9.79. The van der Waals surface area contributed by atoms with Gasteiger partial charge in [-0.25, -0.2) is 0 Å². The number of nitrogens with one attached hydrogen (secondary N) is 1. The molecule has 1 N–H and O–H groups in total. The number of hydrogen-bond donors (Lipinski definition) is 1. The van der Waals surface area contributed by atoms with Crippen LogP contribution in [0.25, 0.3) is 0 Å². The third kappa shape index (κ3) is 4.58. The smallest absolute Gasteiger partial charge is 0.289 e. The Kier molecular flexibility index (Phi) is 6.55. The van der Waals surface area contributed by atoms with Crippen molar-refractivity contribution in [3.8, 4) is 0 Å². The normalized spacial score (nSPS) is 22.1. The van der Waals surface area contributed by atoms with Gasteiger partial charge in [-0.1, -0.05) is 6.92 Å². The minimum absolute atomic E-state index is 0.0257. The van der Waals surface area contributed by atoms with Gasteiger partial charge >= 0.3 is 0 Å². The van der Waals surface area contributed by atoms with Gasteiger partial charge in [-0.15, -0.1) is 0 Å². The van der Waals surface area contributed by atoms with Crippen molar-refractivity contribution in [2.24, 2.45) is 10.9 Å². The number of guanidine groups is 1. The predicted molar refractivity (Wildman–Crippen MR) is 102 cm³/mol. The van der Waals surface area contributed by atoms with Crippen molar-refractivity contribution in [3.05, 3.63) is 24.2 Å². The standard InChI is InChI=1S/C19H31N5O2/c1-3-20-19(21-14-16-7-8-22(4-2)15-16)24-11-9-23(10-12-24)18(25)17-6-5-13-26-17/h5-6,13,16H,3-4,7-12,14-15H2,1-2H3,(H,20,21). The highest BCUT2D eigenvalue weighted by atomic mass is 16.3. The molecule has 1 amide bonds. The fourth-order valence-corrected chi connectivity index (χ4v) is 3.67. The van der Waals surface area contributed by atoms with E-state index in [-0.39, 0.29) is 5.91 Å². The van der Waals surface area contributed by atoms with E-state index in [2.05, 4.69) is 29.0 Å². The summed E-state index contributed by atoms with van der Waals surface area (Å²) < 4.78 is 5.23.